The van der Waals surface area contributed by atoms with Gasteiger partial charge in [-0.25, -0.2) is 8.78 Å². The van der Waals surface area contributed by atoms with Crippen LogP contribution >= 0.6 is 0 Å². The number of carbonyl (C=O) groups is 2. The zero-order valence-electron chi connectivity index (χ0n) is 15.1. The lowest BCUT2D eigenvalue weighted by Crippen LogP contribution is -2.14. The molecule has 3 rings (SSSR count). The minimum absolute atomic E-state index is 0.140. The van der Waals surface area contributed by atoms with E-state index in [-0.39, 0.29) is 17.2 Å². The summed E-state index contributed by atoms with van der Waals surface area (Å²) in [6, 6.07) is 16.7. The molecule has 0 spiro atoms. The van der Waals surface area contributed by atoms with Crippen molar-refractivity contribution in [1.82, 2.24) is 0 Å². The Morgan fingerprint density at radius 2 is 1.21 bits per heavy atom. The molecule has 0 saturated heterocycles. The van der Waals surface area contributed by atoms with Crippen LogP contribution in [0.4, 0.5) is 20.2 Å². The molecule has 0 heterocycles. The second kappa shape index (κ2) is 8.43. The van der Waals surface area contributed by atoms with Gasteiger partial charge in [0.2, 0.25) is 0 Å². The Labute approximate surface area is 161 Å². The molecule has 0 saturated carbocycles. The number of aryl methyl sites for hydroxylation is 1. The average Bonchev–Trinajstić information content (AvgIpc) is 2.71. The summed E-state index contributed by atoms with van der Waals surface area (Å²) in [5, 5.41) is 5.27. The number of hydrogen-bond donors (Lipinski definition) is 2. The lowest BCUT2D eigenvalue weighted by atomic mass is 10.1. The first kappa shape index (κ1) is 19.2. The average molecular weight is 380 g/mol. The number of carbonyl (C=O) groups excluding carboxylic acids is 2. The highest BCUT2D eigenvalue weighted by Gasteiger charge is 2.11. The van der Waals surface area contributed by atoms with E-state index < -0.39 is 17.5 Å². The third kappa shape index (κ3) is 4.59. The molecule has 0 bridgehead atoms. The molecule has 142 valence electrons. The monoisotopic (exact) mass is 380 g/mol. The highest BCUT2D eigenvalue weighted by molar-refractivity contribution is 6.07. The molecule has 0 atom stereocenters. The summed E-state index contributed by atoms with van der Waals surface area (Å²) in [5.74, 6) is -2.82. The van der Waals surface area contributed by atoms with Gasteiger partial charge in [0.05, 0.1) is 0 Å². The summed E-state index contributed by atoms with van der Waals surface area (Å²) >= 11 is 0. The van der Waals surface area contributed by atoms with E-state index >= 15 is 0 Å². The van der Waals surface area contributed by atoms with E-state index in [4.69, 9.17) is 0 Å². The van der Waals surface area contributed by atoms with Crippen LogP contribution in [0.5, 0.6) is 0 Å². The Morgan fingerprint density at radius 3 is 1.71 bits per heavy atom. The lowest BCUT2D eigenvalue weighted by Gasteiger charge is -2.08. The van der Waals surface area contributed by atoms with Gasteiger partial charge in [-0.3, -0.25) is 9.59 Å². The number of benzene rings is 3. The van der Waals surface area contributed by atoms with Crippen LogP contribution in [0.3, 0.4) is 0 Å². The zero-order valence-corrected chi connectivity index (χ0v) is 15.1. The molecule has 2 N–H and O–H groups in total. The number of halogens is 2. The highest BCUT2D eigenvalue weighted by Crippen LogP contribution is 2.16. The van der Waals surface area contributed by atoms with Gasteiger partial charge < -0.3 is 10.6 Å². The number of rotatable bonds is 5. The van der Waals surface area contributed by atoms with Gasteiger partial charge in [-0.05, 0) is 60.5 Å². The predicted molar refractivity (Wildman–Crippen MR) is 105 cm³/mol. The van der Waals surface area contributed by atoms with Crippen LogP contribution in [0, 0.1) is 11.6 Å². The molecule has 3 aromatic carbocycles. The van der Waals surface area contributed by atoms with E-state index in [1.54, 1.807) is 0 Å². The van der Waals surface area contributed by atoms with Gasteiger partial charge in [0.15, 0.2) is 11.6 Å². The normalized spacial score (nSPS) is 10.4. The van der Waals surface area contributed by atoms with E-state index in [9.17, 15) is 18.4 Å². The summed E-state index contributed by atoms with van der Waals surface area (Å²) in [4.78, 5) is 24.5. The molecule has 28 heavy (non-hydrogen) atoms. The minimum atomic E-state index is -1.04. The Bertz CT molecular complexity index is 1000. The lowest BCUT2D eigenvalue weighted by molar-refractivity contribution is 0.101. The fourth-order valence-electron chi connectivity index (χ4n) is 2.58. The fraction of sp³-hybridized carbons (Fsp3) is 0.0909. The Balaban J connectivity index is 1.65. The topological polar surface area (TPSA) is 58.2 Å². The number of hydrogen-bond acceptors (Lipinski definition) is 2. The standard InChI is InChI=1S/C22H18F2N2O2/c1-2-14-3-9-17(10-4-14)25-21(27)15-5-7-16(8-6-15)22(28)26-18-11-12-19(23)20(24)13-18/h3-13H,2H2,1H3,(H,25,27)(H,26,28). The smallest absolute Gasteiger partial charge is 0.255 e. The number of anilines is 2. The van der Waals surface area contributed by atoms with Gasteiger partial charge in [0.25, 0.3) is 11.8 Å². The Kier molecular flexibility index (Phi) is 5.79. The van der Waals surface area contributed by atoms with Crippen molar-refractivity contribution in [2.24, 2.45) is 0 Å². The molecule has 0 aromatic heterocycles. The van der Waals surface area contributed by atoms with Crippen LogP contribution < -0.4 is 10.6 Å². The van der Waals surface area contributed by atoms with Crippen LogP contribution in [-0.2, 0) is 6.42 Å². The maximum Gasteiger partial charge on any atom is 0.255 e. The van der Waals surface area contributed by atoms with Crippen molar-refractivity contribution in [1.29, 1.82) is 0 Å². The molecular formula is C22H18F2N2O2. The van der Waals surface area contributed by atoms with Crippen LogP contribution in [0.1, 0.15) is 33.2 Å². The molecule has 2 amide bonds. The van der Waals surface area contributed by atoms with Crippen molar-refractivity contribution in [3.8, 4) is 0 Å². The largest absolute Gasteiger partial charge is 0.322 e. The Hall–Kier alpha value is -3.54. The molecule has 3 aromatic rings. The number of nitrogens with one attached hydrogen (secondary N) is 2. The van der Waals surface area contributed by atoms with Gasteiger partial charge in [0, 0.05) is 28.6 Å². The van der Waals surface area contributed by atoms with E-state index in [2.05, 4.69) is 17.6 Å². The summed E-state index contributed by atoms with van der Waals surface area (Å²) in [6.45, 7) is 2.05. The molecule has 4 nitrogen and oxygen atoms in total. The number of amides is 2. The molecule has 0 aliphatic heterocycles. The van der Waals surface area contributed by atoms with Crippen molar-refractivity contribution >= 4 is 23.2 Å². The summed E-state index contributed by atoms with van der Waals surface area (Å²) in [5.41, 5.74) is 2.68. The maximum atomic E-state index is 13.2. The summed E-state index contributed by atoms with van der Waals surface area (Å²) < 4.78 is 26.2. The zero-order chi connectivity index (χ0) is 20.1. The SMILES string of the molecule is CCc1ccc(NC(=O)c2ccc(C(=O)Nc3ccc(F)c(F)c3)cc2)cc1. The van der Waals surface area contributed by atoms with Crippen molar-refractivity contribution in [3.63, 3.8) is 0 Å². The van der Waals surface area contributed by atoms with E-state index in [1.807, 2.05) is 24.3 Å². The van der Waals surface area contributed by atoms with E-state index in [0.717, 1.165) is 18.6 Å². The van der Waals surface area contributed by atoms with Gasteiger partial charge in [0.1, 0.15) is 0 Å². The van der Waals surface area contributed by atoms with Crippen molar-refractivity contribution in [2.75, 3.05) is 10.6 Å². The third-order valence-electron chi connectivity index (χ3n) is 4.21. The van der Waals surface area contributed by atoms with Crippen molar-refractivity contribution in [2.45, 2.75) is 13.3 Å². The second-order valence-electron chi connectivity index (χ2n) is 6.16. The molecule has 0 fully saturated rings. The summed E-state index contributed by atoms with van der Waals surface area (Å²) in [6.07, 6.45) is 0.919. The molecular weight excluding hydrogens is 362 g/mol. The second-order valence-corrected chi connectivity index (χ2v) is 6.16. The van der Waals surface area contributed by atoms with Crippen molar-refractivity contribution < 1.29 is 18.4 Å². The molecule has 0 aliphatic carbocycles. The van der Waals surface area contributed by atoms with Crippen LogP contribution in [0.15, 0.2) is 66.7 Å². The third-order valence-corrected chi connectivity index (χ3v) is 4.21. The minimum Gasteiger partial charge on any atom is -0.322 e. The van der Waals surface area contributed by atoms with E-state index in [1.165, 1.54) is 35.9 Å². The van der Waals surface area contributed by atoms with Crippen LogP contribution in [-0.4, -0.2) is 11.8 Å². The Morgan fingerprint density at radius 1 is 0.714 bits per heavy atom. The van der Waals surface area contributed by atoms with Crippen LogP contribution in [0.2, 0.25) is 0 Å². The van der Waals surface area contributed by atoms with Gasteiger partial charge >= 0.3 is 0 Å². The highest BCUT2D eigenvalue weighted by atomic mass is 19.2. The molecule has 0 unspecified atom stereocenters. The maximum absolute atomic E-state index is 13.2. The van der Waals surface area contributed by atoms with E-state index in [0.29, 0.717) is 11.3 Å². The van der Waals surface area contributed by atoms with Crippen LogP contribution in [0.25, 0.3) is 0 Å². The first-order valence-electron chi connectivity index (χ1n) is 8.73. The summed E-state index contributed by atoms with van der Waals surface area (Å²) in [7, 11) is 0. The molecule has 0 aliphatic rings. The predicted octanol–water partition coefficient (Wildman–Crippen LogP) is 5.03. The fourth-order valence-corrected chi connectivity index (χ4v) is 2.58. The first-order valence-corrected chi connectivity index (χ1v) is 8.73. The first-order chi connectivity index (χ1) is 13.5. The molecule has 0 radical (unpaired) electrons. The quantitative estimate of drug-likeness (QED) is 0.652. The van der Waals surface area contributed by atoms with Crippen molar-refractivity contribution in [3.05, 3.63) is 95.1 Å². The van der Waals surface area contributed by atoms with Gasteiger partial charge in [-0.15, -0.1) is 0 Å². The van der Waals surface area contributed by atoms with Gasteiger partial charge in [-0.1, -0.05) is 19.1 Å². The molecule has 6 heteroatoms. The van der Waals surface area contributed by atoms with Gasteiger partial charge in [-0.2, -0.15) is 0 Å².